The maximum absolute atomic E-state index is 12.0. The minimum absolute atomic E-state index is 0.0361. The summed E-state index contributed by atoms with van der Waals surface area (Å²) in [4.78, 5) is 57.0. The smallest absolute Gasteiger partial charge is 0.328 e. The van der Waals surface area contributed by atoms with Gasteiger partial charge in [0.1, 0.15) is 6.04 Å². The summed E-state index contributed by atoms with van der Waals surface area (Å²) in [5.74, 6) is -5.60. The molecule has 0 bridgehead atoms. The third-order valence-electron chi connectivity index (χ3n) is 3.03. The van der Waals surface area contributed by atoms with Gasteiger partial charge >= 0.3 is 11.9 Å². The third-order valence-corrected chi connectivity index (χ3v) is 3.43. The van der Waals surface area contributed by atoms with Crippen LogP contribution < -0.4 is 21.7 Å². The van der Waals surface area contributed by atoms with Gasteiger partial charge in [0, 0.05) is 5.75 Å². The molecular formula is C13H22N4O8S. The monoisotopic (exact) mass is 394 g/mol. The van der Waals surface area contributed by atoms with E-state index in [1.807, 2.05) is 5.32 Å². The van der Waals surface area contributed by atoms with Crippen LogP contribution in [-0.4, -0.2) is 81.5 Å². The molecule has 0 rings (SSSR count). The third kappa shape index (κ3) is 8.64. The summed E-state index contributed by atoms with van der Waals surface area (Å²) in [5, 5.41) is 33.1. The molecule has 8 N–H and O–H groups in total. The number of aliphatic hydroxyl groups excluding tert-OH is 1. The van der Waals surface area contributed by atoms with Crippen molar-refractivity contribution < 1.29 is 39.3 Å². The number of carbonyl (C=O) groups excluding carboxylic acids is 3. The highest BCUT2D eigenvalue weighted by Gasteiger charge is 2.28. The summed E-state index contributed by atoms with van der Waals surface area (Å²) in [6, 6.07) is -4.14. The first-order valence-electron chi connectivity index (χ1n) is 7.36. The SMILES string of the molecule is CC(O)C(NC(=O)CNC(=O)C(CC(=O)O)NC(=O)C(N)CS)C(=O)O. The van der Waals surface area contributed by atoms with Gasteiger partial charge in [0.05, 0.1) is 25.1 Å². The van der Waals surface area contributed by atoms with Crippen molar-refractivity contribution >= 4 is 42.3 Å². The molecule has 4 atom stereocenters. The molecule has 0 heterocycles. The van der Waals surface area contributed by atoms with Crippen LogP contribution in [0.25, 0.3) is 0 Å². The Balaban J connectivity index is 4.78. The van der Waals surface area contributed by atoms with Crippen molar-refractivity contribution in [1.82, 2.24) is 16.0 Å². The average Bonchev–Trinajstić information content (AvgIpc) is 2.54. The minimum atomic E-state index is -1.58. The van der Waals surface area contributed by atoms with Crippen LogP contribution in [0.1, 0.15) is 13.3 Å². The van der Waals surface area contributed by atoms with Crippen molar-refractivity contribution in [3.8, 4) is 0 Å². The molecule has 0 aromatic rings. The standard InChI is InChI=1S/C13H22N4O8S/c1-5(18)10(13(24)25)17-8(19)3-15-12(23)7(2-9(20)21)16-11(22)6(14)4-26/h5-7,10,18,26H,2-4,14H2,1H3,(H,15,23)(H,16,22)(H,17,19)(H,20,21)(H,24,25). The van der Waals surface area contributed by atoms with E-state index in [9.17, 15) is 29.1 Å². The highest BCUT2D eigenvalue weighted by atomic mass is 32.1. The molecule has 0 saturated heterocycles. The first-order valence-corrected chi connectivity index (χ1v) is 7.99. The predicted octanol–water partition coefficient (Wildman–Crippen LogP) is -3.73. The van der Waals surface area contributed by atoms with Crippen LogP contribution in [0, 0.1) is 0 Å². The number of hydrogen-bond donors (Lipinski definition) is 8. The van der Waals surface area contributed by atoms with E-state index in [2.05, 4.69) is 23.3 Å². The van der Waals surface area contributed by atoms with Crippen LogP contribution in [0.4, 0.5) is 0 Å². The fourth-order valence-corrected chi connectivity index (χ4v) is 1.82. The second-order valence-corrected chi connectivity index (χ2v) is 5.66. The van der Waals surface area contributed by atoms with Crippen LogP contribution >= 0.6 is 12.6 Å². The van der Waals surface area contributed by atoms with Gasteiger partial charge in [-0.25, -0.2) is 4.79 Å². The Bertz CT molecular complexity index is 556. The lowest BCUT2D eigenvalue weighted by Crippen LogP contribution is -2.55. The van der Waals surface area contributed by atoms with Gasteiger partial charge in [-0.3, -0.25) is 19.2 Å². The Hall–Kier alpha value is -2.38. The highest BCUT2D eigenvalue weighted by molar-refractivity contribution is 7.80. The lowest BCUT2D eigenvalue weighted by atomic mass is 10.1. The minimum Gasteiger partial charge on any atom is -0.481 e. The molecule has 0 aromatic carbocycles. The molecule has 4 unspecified atom stereocenters. The van der Waals surface area contributed by atoms with Crippen LogP contribution in [-0.2, 0) is 24.0 Å². The number of aliphatic hydroxyl groups is 1. The fourth-order valence-electron chi connectivity index (χ4n) is 1.65. The van der Waals surface area contributed by atoms with Crippen LogP contribution in [0.3, 0.4) is 0 Å². The molecule has 13 heteroatoms. The number of aliphatic carboxylic acids is 2. The molecule has 0 aromatic heterocycles. The Kier molecular flexibility index (Phi) is 10.2. The number of carbonyl (C=O) groups is 5. The van der Waals surface area contributed by atoms with Crippen LogP contribution in [0.5, 0.6) is 0 Å². The lowest BCUT2D eigenvalue weighted by molar-refractivity contribution is -0.145. The molecule has 12 nitrogen and oxygen atoms in total. The number of nitrogens with two attached hydrogens (primary N) is 1. The van der Waals surface area contributed by atoms with Crippen molar-refractivity contribution in [2.45, 2.75) is 37.6 Å². The number of carboxylic acid groups (broad SMARTS) is 2. The molecule has 0 aliphatic carbocycles. The molecule has 3 amide bonds. The summed E-state index contributed by atoms with van der Waals surface area (Å²) in [7, 11) is 0. The lowest BCUT2D eigenvalue weighted by Gasteiger charge is -2.20. The Morgan fingerprint density at radius 3 is 2.08 bits per heavy atom. The maximum atomic E-state index is 12.0. The van der Waals surface area contributed by atoms with Gasteiger partial charge < -0.3 is 37.0 Å². The summed E-state index contributed by atoms with van der Waals surface area (Å²) >= 11 is 3.81. The molecule has 0 saturated carbocycles. The Labute approximate surface area is 153 Å². The average molecular weight is 394 g/mol. The van der Waals surface area contributed by atoms with Crippen molar-refractivity contribution in [1.29, 1.82) is 0 Å². The van der Waals surface area contributed by atoms with E-state index in [1.165, 1.54) is 0 Å². The van der Waals surface area contributed by atoms with E-state index in [4.69, 9.17) is 15.9 Å². The van der Waals surface area contributed by atoms with E-state index in [-0.39, 0.29) is 5.75 Å². The zero-order valence-corrected chi connectivity index (χ0v) is 14.7. The first kappa shape index (κ1) is 23.6. The summed E-state index contributed by atoms with van der Waals surface area (Å²) in [5.41, 5.74) is 5.42. The molecule has 0 aliphatic heterocycles. The Morgan fingerprint density at radius 1 is 1.08 bits per heavy atom. The number of nitrogens with one attached hydrogen (secondary N) is 3. The van der Waals surface area contributed by atoms with E-state index in [0.29, 0.717) is 0 Å². The quantitative estimate of drug-likeness (QED) is 0.162. The topological polar surface area (TPSA) is 208 Å². The van der Waals surface area contributed by atoms with E-state index < -0.39 is 66.9 Å². The molecule has 0 aliphatic rings. The first-order chi connectivity index (χ1) is 12.0. The van der Waals surface area contributed by atoms with Crippen molar-refractivity contribution in [3.63, 3.8) is 0 Å². The second kappa shape index (κ2) is 11.3. The van der Waals surface area contributed by atoms with Crippen LogP contribution in [0.2, 0.25) is 0 Å². The summed E-state index contributed by atoms with van der Waals surface area (Å²) in [6.07, 6.45) is -2.14. The Morgan fingerprint density at radius 2 is 1.65 bits per heavy atom. The number of thiol groups is 1. The summed E-state index contributed by atoms with van der Waals surface area (Å²) in [6.45, 7) is 0.459. The number of amides is 3. The second-order valence-electron chi connectivity index (χ2n) is 5.29. The fraction of sp³-hybridized carbons (Fsp3) is 0.615. The molecule has 0 radical (unpaired) electrons. The van der Waals surface area contributed by atoms with Gasteiger partial charge in [0.2, 0.25) is 17.7 Å². The number of hydrogen-bond acceptors (Lipinski definition) is 8. The van der Waals surface area contributed by atoms with E-state index in [0.717, 1.165) is 6.92 Å². The van der Waals surface area contributed by atoms with Gasteiger partial charge in [-0.1, -0.05) is 0 Å². The largest absolute Gasteiger partial charge is 0.481 e. The molecule has 26 heavy (non-hydrogen) atoms. The van der Waals surface area contributed by atoms with Gasteiger partial charge in [-0.05, 0) is 6.92 Å². The van der Waals surface area contributed by atoms with Gasteiger partial charge in [-0.2, -0.15) is 12.6 Å². The van der Waals surface area contributed by atoms with Crippen LogP contribution in [0.15, 0.2) is 0 Å². The van der Waals surface area contributed by atoms with Gasteiger partial charge in [-0.15, -0.1) is 0 Å². The highest BCUT2D eigenvalue weighted by Crippen LogP contribution is 1.96. The van der Waals surface area contributed by atoms with Crippen molar-refractivity contribution in [2.24, 2.45) is 5.73 Å². The van der Waals surface area contributed by atoms with E-state index >= 15 is 0 Å². The van der Waals surface area contributed by atoms with Gasteiger partial charge in [0.15, 0.2) is 6.04 Å². The predicted molar refractivity (Wildman–Crippen MR) is 90.3 cm³/mol. The van der Waals surface area contributed by atoms with Crippen molar-refractivity contribution in [2.75, 3.05) is 12.3 Å². The summed E-state index contributed by atoms with van der Waals surface area (Å²) < 4.78 is 0. The number of carboxylic acids is 2. The molecule has 0 fully saturated rings. The molecule has 148 valence electrons. The zero-order chi connectivity index (χ0) is 20.4. The van der Waals surface area contributed by atoms with Gasteiger partial charge in [0.25, 0.3) is 0 Å². The molecular weight excluding hydrogens is 372 g/mol. The molecule has 0 spiro atoms. The maximum Gasteiger partial charge on any atom is 0.328 e. The normalized spacial score (nSPS) is 15.1. The number of rotatable bonds is 11. The van der Waals surface area contributed by atoms with Crippen molar-refractivity contribution in [3.05, 3.63) is 0 Å². The zero-order valence-electron chi connectivity index (χ0n) is 13.8. The van der Waals surface area contributed by atoms with E-state index in [1.54, 1.807) is 0 Å².